The van der Waals surface area contributed by atoms with Crippen LogP contribution < -0.4 is 19.5 Å². The number of carboxylic acid groups (broad SMARTS) is 1. The molecule has 0 aliphatic carbocycles. The van der Waals surface area contributed by atoms with Crippen LogP contribution in [0.1, 0.15) is 82.6 Å². The summed E-state index contributed by atoms with van der Waals surface area (Å²) in [6.45, 7) is 11.7. The highest BCUT2D eigenvalue weighted by molar-refractivity contribution is 5.92. The second kappa shape index (κ2) is 35.0. The zero-order valence-electron chi connectivity index (χ0n) is 45.5. The first kappa shape index (κ1) is 53.2. The largest absolute Gasteiger partial charge is 0.550 e. The van der Waals surface area contributed by atoms with Gasteiger partial charge in [0.15, 0.2) is 0 Å². The number of aliphatic carboxylic acids is 1. The lowest BCUT2D eigenvalue weighted by Gasteiger charge is -2.11. The number of carbonyl (C=O) groups excluding carboxylic acids is 4. The summed E-state index contributed by atoms with van der Waals surface area (Å²) < 4.78 is 47.8. The summed E-state index contributed by atoms with van der Waals surface area (Å²) in [5, 5.41) is 26.9. The lowest BCUT2D eigenvalue weighted by molar-refractivity contribution is -0.894. The van der Waals surface area contributed by atoms with Crippen LogP contribution >= 0.6 is 0 Å². The molecule has 1 aliphatic heterocycles. The number of cyclic esters (lactones) is 2. The van der Waals surface area contributed by atoms with E-state index in [9.17, 15) is 29.4 Å². The highest BCUT2D eigenvalue weighted by atomic mass is 16.6. The maximum atomic E-state index is 11.7. The van der Waals surface area contributed by atoms with Crippen LogP contribution in [0.2, 0.25) is 0 Å². The molecule has 6 aromatic rings. The molecular formula is C58H71NO12. The summed E-state index contributed by atoms with van der Waals surface area (Å²) in [6.07, 6.45) is -0.0710. The fourth-order valence-electron chi connectivity index (χ4n) is 6.67. The molecule has 13 nitrogen and oxygen atoms in total. The highest BCUT2D eigenvalue weighted by Crippen LogP contribution is 2.28. The van der Waals surface area contributed by atoms with Gasteiger partial charge in [-0.2, -0.15) is 0 Å². The molecule has 0 amide bonds. The zero-order chi connectivity index (χ0) is 55.2. The van der Waals surface area contributed by atoms with Crippen molar-refractivity contribution in [3.8, 4) is 33.8 Å². The van der Waals surface area contributed by atoms with Gasteiger partial charge >= 0.3 is 17.9 Å². The average Bonchev–Trinajstić information content (AvgIpc) is 3.83. The number of carbonyl (C=O) groups is 4. The fraction of sp³-hybridized carbons (Fsp3) is 0.310. The van der Waals surface area contributed by atoms with E-state index in [1.54, 1.807) is 11.0 Å². The smallest absolute Gasteiger partial charge is 0.314 e. The number of ether oxygens (including phenoxy) is 4. The van der Waals surface area contributed by atoms with Gasteiger partial charge in [-0.15, -0.1) is 0 Å². The van der Waals surface area contributed by atoms with Crippen LogP contribution in [0.5, 0.6) is 11.5 Å². The number of aliphatic hydroxyl groups excluding tert-OH is 3. The van der Waals surface area contributed by atoms with Gasteiger partial charge in [0.1, 0.15) is 31.3 Å². The Labute approximate surface area is 425 Å². The standard InChI is InChI=1S/C25H24O5.C21H20O2.C6H15N.C4H4O3.2CH4O/c1-18-12-20(17-30-25(28)11-10-24(26)27)14-22(13-18)21-8-5-9-23(15-21)29-16-19-6-3-2-4-7-19;1-16-10-18(14-22)12-20(11-16)19-8-5-9-21(13-19)23-15-17-6-3-2-4-7-17;1-4-7(5-2)6-3;5-3-1-2-4(6)7-3;2*1-2/h2-9,12-15H,10-11,16-17H2,1H3,(H,26,27);2-13,22H,14-15H2,1H3;4-6H2,1-3H3;1-2H2;2*2H,1H3/i2*1D;;;2*2T. The van der Waals surface area contributed by atoms with Gasteiger partial charge in [0, 0.05) is 22.9 Å². The number of carboxylic acids is 1. The number of nitrogens with one attached hydrogen (secondary N) is 1. The minimum Gasteiger partial charge on any atom is -0.550 e. The lowest BCUT2D eigenvalue weighted by Crippen LogP contribution is -3.11. The number of hydrogen-bond acceptors (Lipinski definition) is 12. The van der Waals surface area contributed by atoms with Crippen molar-refractivity contribution >= 4 is 23.9 Å². The second-order valence-corrected chi connectivity index (χ2v) is 15.5. The number of aryl methyl sites for hydroxylation is 2. The third kappa shape index (κ3) is 24.3. The SMILES string of the molecule is CC[NH+](CC)CC.O=C1CCC(=O)O1.[2H]Cc1cc(CO)cc(-c2cccc(OCc3ccccc3)c2)c1.[2H]Cc1cc(COC(=O)CCC(=O)[O-])cc(-c2cccc(OCc3ccccc3)c2)c1.[3H]OC.[3H]OC. The molecule has 1 aliphatic rings. The van der Waals surface area contributed by atoms with Crippen LogP contribution in [-0.2, 0) is 55.1 Å². The van der Waals surface area contributed by atoms with Crippen LogP contribution in [0, 0.1) is 13.8 Å². The highest BCUT2D eigenvalue weighted by Gasteiger charge is 2.19. The Hall–Kier alpha value is -7.16. The average molecular weight is 980 g/mol. The van der Waals surface area contributed by atoms with E-state index in [0.29, 0.717) is 13.2 Å². The molecule has 0 bridgehead atoms. The summed E-state index contributed by atoms with van der Waals surface area (Å²) >= 11 is 0. The monoisotopic (exact) mass is 980 g/mol. The van der Waals surface area contributed by atoms with Gasteiger partial charge in [-0.05, 0) is 122 Å². The summed E-state index contributed by atoms with van der Waals surface area (Å²) in [7, 11) is 2.58. The van der Waals surface area contributed by atoms with E-state index in [1.165, 1.54) is 33.9 Å². The lowest BCUT2D eigenvalue weighted by atomic mass is 10.0. The fourth-order valence-corrected chi connectivity index (χ4v) is 6.67. The van der Waals surface area contributed by atoms with Crippen LogP contribution in [-0.4, -0.2) is 75.9 Å². The quantitative estimate of drug-likeness (QED) is 0.0519. The van der Waals surface area contributed by atoms with Gasteiger partial charge in [0.25, 0.3) is 0 Å². The second-order valence-electron chi connectivity index (χ2n) is 15.5. The van der Waals surface area contributed by atoms with Crippen LogP contribution in [0.3, 0.4) is 0 Å². The van der Waals surface area contributed by atoms with Crippen molar-refractivity contribution in [1.82, 2.24) is 0 Å². The van der Waals surface area contributed by atoms with Crippen LogP contribution in [0.25, 0.3) is 22.3 Å². The first-order chi connectivity index (χ1) is 36.3. The van der Waals surface area contributed by atoms with Gasteiger partial charge in [-0.1, -0.05) is 120 Å². The predicted molar refractivity (Wildman–Crippen MR) is 274 cm³/mol. The molecule has 6 aromatic carbocycles. The van der Waals surface area contributed by atoms with Gasteiger partial charge in [0.2, 0.25) is 2.86 Å². The van der Waals surface area contributed by atoms with E-state index in [2.05, 4.69) is 35.7 Å². The molecule has 380 valence electrons. The predicted octanol–water partition coefficient (Wildman–Crippen LogP) is 7.55. The maximum Gasteiger partial charge on any atom is 0.314 e. The molecule has 1 heterocycles. The zero-order valence-corrected chi connectivity index (χ0v) is 41.5. The summed E-state index contributed by atoms with van der Waals surface area (Å²) in [5.74, 6) is -1.15. The molecule has 1 saturated heterocycles. The van der Waals surface area contributed by atoms with E-state index in [4.69, 9.17) is 19.8 Å². The molecule has 0 aromatic heterocycles. The minimum absolute atomic E-state index is 0.0108. The molecule has 4 N–H and O–H groups in total. The Morgan fingerprint density at radius 1 is 0.606 bits per heavy atom. The molecule has 0 radical (unpaired) electrons. The van der Waals surface area contributed by atoms with Crippen molar-refractivity contribution in [1.29, 1.82) is 2.86 Å². The van der Waals surface area contributed by atoms with Crippen molar-refractivity contribution in [3.05, 3.63) is 179 Å². The van der Waals surface area contributed by atoms with Crippen molar-refractivity contribution in [2.75, 3.05) is 33.9 Å². The van der Waals surface area contributed by atoms with Crippen molar-refractivity contribution in [2.24, 2.45) is 0 Å². The van der Waals surface area contributed by atoms with E-state index in [1.807, 2.05) is 140 Å². The van der Waals surface area contributed by atoms with E-state index in [-0.39, 0.29) is 52.7 Å². The number of hydrogen-bond donors (Lipinski definition) is 4. The van der Waals surface area contributed by atoms with Crippen LogP contribution in [0.4, 0.5) is 0 Å². The number of aliphatic hydroxyl groups is 3. The van der Waals surface area contributed by atoms with Crippen molar-refractivity contribution in [2.45, 2.75) is 86.7 Å². The van der Waals surface area contributed by atoms with Gasteiger partial charge in [-0.25, -0.2) is 0 Å². The summed E-state index contributed by atoms with van der Waals surface area (Å²) in [4.78, 5) is 43.9. The topological polar surface area (TPSA) is 193 Å². The molecule has 7 rings (SSSR count). The maximum absolute atomic E-state index is 11.7. The van der Waals surface area contributed by atoms with Crippen molar-refractivity contribution < 1.29 is 66.2 Å². The number of esters is 3. The molecule has 0 unspecified atom stereocenters. The third-order valence-electron chi connectivity index (χ3n) is 10.3. The number of quaternary nitrogens is 1. The third-order valence-corrected chi connectivity index (χ3v) is 10.3. The van der Waals surface area contributed by atoms with E-state index < -0.39 is 23.9 Å². The Balaban J connectivity index is 0.000000382. The Morgan fingerprint density at radius 2 is 1.06 bits per heavy atom. The molecule has 0 atom stereocenters. The first-order valence-corrected chi connectivity index (χ1v) is 23.2. The molecule has 0 saturated carbocycles. The van der Waals surface area contributed by atoms with Crippen molar-refractivity contribution in [3.63, 3.8) is 0 Å². The number of rotatable bonds is 17. The van der Waals surface area contributed by atoms with Crippen LogP contribution in [0.15, 0.2) is 146 Å². The van der Waals surface area contributed by atoms with Gasteiger partial charge < -0.3 is 49.1 Å². The first-order valence-electron chi connectivity index (χ1n) is 25.4. The molecular weight excluding hydrogens is 903 g/mol. The Morgan fingerprint density at radius 3 is 1.44 bits per heavy atom. The summed E-state index contributed by atoms with van der Waals surface area (Å²) in [6, 6.07) is 47.0. The molecule has 71 heavy (non-hydrogen) atoms. The van der Waals surface area contributed by atoms with E-state index >= 15 is 0 Å². The summed E-state index contributed by atoms with van der Waals surface area (Å²) in [5.41, 5.74) is 9.26. The molecule has 1 fully saturated rings. The Kier molecular flexibility index (Phi) is 26.2. The Bertz CT molecular complexity index is 2520. The minimum atomic E-state index is -1.29. The molecule has 13 heteroatoms. The van der Waals surface area contributed by atoms with E-state index in [0.717, 1.165) is 67.1 Å². The molecule has 0 spiro atoms. The van der Waals surface area contributed by atoms with Gasteiger partial charge in [-0.3, -0.25) is 14.4 Å². The van der Waals surface area contributed by atoms with Gasteiger partial charge in [0.05, 0.1) is 45.5 Å². The normalized spacial score (nSPS) is 11.7. The number of benzene rings is 6.